The van der Waals surface area contributed by atoms with E-state index in [-0.39, 0.29) is 18.4 Å². The van der Waals surface area contributed by atoms with E-state index >= 15 is 0 Å². The van der Waals surface area contributed by atoms with Crippen LogP contribution in [-0.2, 0) is 9.59 Å². The van der Waals surface area contributed by atoms with Crippen molar-refractivity contribution in [3.63, 3.8) is 0 Å². The van der Waals surface area contributed by atoms with Crippen molar-refractivity contribution in [3.8, 4) is 0 Å². The van der Waals surface area contributed by atoms with Crippen LogP contribution in [0.2, 0.25) is 0 Å². The zero-order valence-electron chi connectivity index (χ0n) is 11.1. The average Bonchev–Trinajstić information content (AvgIpc) is 2.92. The molecule has 0 spiro atoms. The third-order valence-corrected chi connectivity index (χ3v) is 3.85. The van der Waals surface area contributed by atoms with Crippen LogP contribution in [0.1, 0.15) is 19.3 Å². The average molecular weight is 337 g/mol. The molecule has 0 saturated heterocycles. The van der Waals surface area contributed by atoms with Gasteiger partial charge in [0.1, 0.15) is 0 Å². The fourth-order valence-corrected chi connectivity index (χ4v) is 2.50. The normalized spacial score (nSPS) is 16.9. The number of benzene rings is 1. The number of amides is 2. The van der Waals surface area contributed by atoms with Crippen LogP contribution in [0.4, 0.5) is 5.69 Å². The molecule has 2 rings (SSSR count). The van der Waals surface area contributed by atoms with Gasteiger partial charge in [0, 0.05) is 10.9 Å². The molecule has 5 heteroatoms. The monoisotopic (exact) mass is 336 g/mol. The summed E-state index contributed by atoms with van der Waals surface area (Å²) in [7, 11) is 0. The van der Waals surface area contributed by atoms with E-state index in [1.807, 2.05) is 18.2 Å². The van der Waals surface area contributed by atoms with Crippen molar-refractivity contribution in [2.24, 2.45) is 5.92 Å². The Kier molecular flexibility index (Phi) is 5.35. The zero-order valence-corrected chi connectivity index (χ0v) is 12.7. The van der Waals surface area contributed by atoms with Gasteiger partial charge < -0.3 is 10.6 Å². The molecule has 0 radical (unpaired) electrons. The van der Waals surface area contributed by atoms with Gasteiger partial charge in [0.2, 0.25) is 11.8 Å². The van der Waals surface area contributed by atoms with Gasteiger partial charge in [-0.2, -0.15) is 0 Å². The van der Waals surface area contributed by atoms with Crippen LogP contribution in [0.3, 0.4) is 0 Å². The molecule has 1 aliphatic rings. The molecular weight excluding hydrogens is 320 g/mol. The van der Waals surface area contributed by atoms with Crippen molar-refractivity contribution in [3.05, 3.63) is 40.9 Å². The molecule has 0 heterocycles. The number of hydrogen-bond acceptors (Lipinski definition) is 2. The van der Waals surface area contributed by atoms with Crippen LogP contribution < -0.4 is 10.6 Å². The highest BCUT2D eigenvalue weighted by Gasteiger charge is 2.14. The lowest BCUT2D eigenvalue weighted by atomic mass is 10.1. The second-order valence-corrected chi connectivity index (χ2v) is 5.63. The second-order valence-electron chi connectivity index (χ2n) is 4.77. The molecule has 106 valence electrons. The first kappa shape index (κ1) is 14.8. The lowest BCUT2D eigenvalue weighted by Gasteiger charge is -2.10. The van der Waals surface area contributed by atoms with Gasteiger partial charge in [0.25, 0.3) is 0 Å². The fraction of sp³-hybridized carbons (Fsp3) is 0.333. The number of anilines is 1. The number of rotatable bonds is 5. The van der Waals surface area contributed by atoms with E-state index in [4.69, 9.17) is 0 Å². The minimum atomic E-state index is -0.229. The van der Waals surface area contributed by atoms with Gasteiger partial charge in [-0.1, -0.05) is 24.3 Å². The Morgan fingerprint density at radius 1 is 1.25 bits per heavy atom. The van der Waals surface area contributed by atoms with Crippen molar-refractivity contribution < 1.29 is 9.59 Å². The van der Waals surface area contributed by atoms with Crippen molar-refractivity contribution in [2.75, 3.05) is 11.9 Å². The largest absolute Gasteiger partial charge is 0.347 e. The van der Waals surface area contributed by atoms with Gasteiger partial charge in [-0.25, -0.2) is 0 Å². The van der Waals surface area contributed by atoms with Crippen LogP contribution in [0.25, 0.3) is 0 Å². The maximum Gasteiger partial charge on any atom is 0.243 e. The summed E-state index contributed by atoms with van der Waals surface area (Å²) in [4.78, 5) is 23.4. The Morgan fingerprint density at radius 2 is 2.05 bits per heavy atom. The molecule has 4 nitrogen and oxygen atoms in total. The molecule has 1 aromatic rings. The molecule has 1 aliphatic carbocycles. The molecule has 0 bridgehead atoms. The Labute approximate surface area is 126 Å². The summed E-state index contributed by atoms with van der Waals surface area (Å²) < 4.78 is 0.816. The maximum atomic E-state index is 11.7. The summed E-state index contributed by atoms with van der Waals surface area (Å²) in [6.07, 6.45) is 6.69. The molecular formula is C15H17BrN2O2. The van der Waals surface area contributed by atoms with E-state index in [1.165, 1.54) is 0 Å². The van der Waals surface area contributed by atoms with Crippen LogP contribution in [-0.4, -0.2) is 18.4 Å². The van der Waals surface area contributed by atoms with E-state index in [0.29, 0.717) is 18.0 Å². The second kappa shape index (κ2) is 7.24. The zero-order chi connectivity index (χ0) is 14.4. The predicted octanol–water partition coefficient (Wildman–Crippen LogP) is 2.86. The fourth-order valence-electron chi connectivity index (χ4n) is 2.11. The molecule has 2 N–H and O–H groups in total. The van der Waals surface area contributed by atoms with Gasteiger partial charge in [0.05, 0.1) is 12.2 Å². The summed E-state index contributed by atoms with van der Waals surface area (Å²) in [5.74, 6) is 0.0115. The molecule has 1 aromatic carbocycles. The number of hydrogen-bond donors (Lipinski definition) is 2. The number of carbonyl (C=O) groups excluding carboxylic acids is 2. The lowest BCUT2D eigenvalue weighted by molar-refractivity contribution is -0.124. The number of carbonyl (C=O) groups is 2. The SMILES string of the molecule is O=C(C[C@H]1C=CCC1)NCC(=O)Nc1ccccc1Br. The van der Waals surface area contributed by atoms with Gasteiger partial charge >= 0.3 is 0 Å². The summed E-state index contributed by atoms with van der Waals surface area (Å²) in [5.41, 5.74) is 0.700. The third kappa shape index (κ3) is 4.49. The minimum Gasteiger partial charge on any atom is -0.347 e. The van der Waals surface area contributed by atoms with Crippen molar-refractivity contribution in [1.82, 2.24) is 5.32 Å². The standard InChI is InChI=1S/C15H17BrN2O2/c16-12-7-3-4-8-13(12)18-15(20)10-17-14(19)9-11-5-1-2-6-11/h1,3-5,7-8,11H,2,6,9-10H2,(H,17,19)(H,18,20)/t11-/m0/s1. The minimum absolute atomic E-state index is 0.00337. The summed E-state index contributed by atoms with van der Waals surface area (Å²) in [6, 6.07) is 7.36. The number of allylic oxidation sites excluding steroid dienone is 2. The Balaban J connectivity index is 1.73. The molecule has 0 unspecified atom stereocenters. The van der Waals surface area contributed by atoms with E-state index in [9.17, 15) is 9.59 Å². The van der Waals surface area contributed by atoms with Gasteiger partial charge in [0.15, 0.2) is 0 Å². The van der Waals surface area contributed by atoms with Gasteiger partial charge in [-0.05, 0) is 46.8 Å². The van der Waals surface area contributed by atoms with E-state index < -0.39 is 0 Å². The number of para-hydroxylation sites is 1. The predicted molar refractivity (Wildman–Crippen MR) is 82.3 cm³/mol. The smallest absolute Gasteiger partial charge is 0.243 e. The first-order chi connectivity index (χ1) is 9.65. The molecule has 20 heavy (non-hydrogen) atoms. The van der Waals surface area contributed by atoms with Gasteiger partial charge in [-0.15, -0.1) is 0 Å². The Bertz CT molecular complexity index is 528. The first-order valence-electron chi connectivity index (χ1n) is 6.63. The summed E-state index contributed by atoms with van der Waals surface area (Å²) in [5, 5.41) is 5.39. The quantitative estimate of drug-likeness (QED) is 0.812. The third-order valence-electron chi connectivity index (χ3n) is 3.15. The highest BCUT2D eigenvalue weighted by molar-refractivity contribution is 9.10. The number of halogens is 1. The first-order valence-corrected chi connectivity index (χ1v) is 7.42. The molecule has 0 saturated carbocycles. The highest BCUT2D eigenvalue weighted by atomic mass is 79.9. The van der Waals surface area contributed by atoms with E-state index in [0.717, 1.165) is 17.3 Å². The van der Waals surface area contributed by atoms with E-state index in [2.05, 4.69) is 38.7 Å². The van der Waals surface area contributed by atoms with Crippen molar-refractivity contribution in [1.29, 1.82) is 0 Å². The lowest BCUT2D eigenvalue weighted by Crippen LogP contribution is -2.33. The van der Waals surface area contributed by atoms with Crippen molar-refractivity contribution >= 4 is 33.4 Å². The van der Waals surface area contributed by atoms with Crippen LogP contribution in [0, 0.1) is 5.92 Å². The molecule has 2 amide bonds. The van der Waals surface area contributed by atoms with Crippen LogP contribution in [0.15, 0.2) is 40.9 Å². The summed E-state index contributed by atoms with van der Waals surface area (Å²) in [6.45, 7) is -0.00337. The Morgan fingerprint density at radius 3 is 2.75 bits per heavy atom. The Hall–Kier alpha value is -1.62. The van der Waals surface area contributed by atoms with E-state index in [1.54, 1.807) is 6.07 Å². The van der Waals surface area contributed by atoms with Crippen LogP contribution in [0.5, 0.6) is 0 Å². The van der Waals surface area contributed by atoms with Crippen LogP contribution >= 0.6 is 15.9 Å². The highest BCUT2D eigenvalue weighted by Crippen LogP contribution is 2.21. The topological polar surface area (TPSA) is 58.2 Å². The van der Waals surface area contributed by atoms with Gasteiger partial charge in [-0.3, -0.25) is 9.59 Å². The molecule has 0 fully saturated rings. The van der Waals surface area contributed by atoms with Crippen molar-refractivity contribution in [2.45, 2.75) is 19.3 Å². The maximum absolute atomic E-state index is 11.7. The number of nitrogens with one attached hydrogen (secondary N) is 2. The molecule has 0 aromatic heterocycles. The molecule has 0 aliphatic heterocycles. The molecule has 1 atom stereocenters. The summed E-state index contributed by atoms with van der Waals surface area (Å²) >= 11 is 3.35.